The maximum atomic E-state index is 12.0. The normalized spacial score (nSPS) is 12.1. The van der Waals surface area contributed by atoms with Gasteiger partial charge < -0.3 is 10.1 Å². The highest BCUT2D eigenvalue weighted by Gasteiger charge is 2.20. The van der Waals surface area contributed by atoms with Crippen molar-refractivity contribution in [3.05, 3.63) is 71.1 Å². The molecule has 1 amide bonds. The topological polar surface area (TPSA) is 125 Å². The summed E-state index contributed by atoms with van der Waals surface area (Å²) in [4.78, 5) is 23.8. The Hall–Kier alpha value is -3.48. The Balaban J connectivity index is 1.84. The Kier molecular flexibility index (Phi) is 7.65. The van der Waals surface area contributed by atoms with Crippen LogP contribution in [0.2, 0.25) is 0 Å². The Bertz CT molecular complexity index is 1040. The molecule has 29 heavy (non-hydrogen) atoms. The first-order valence-electron chi connectivity index (χ1n) is 8.51. The van der Waals surface area contributed by atoms with Crippen molar-refractivity contribution in [1.29, 1.82) is 5.26 Å². The average Bonchev–Trinajstić information content (AvgIpc) is 2.71. The number of nitriles is 1. The number of carbonyl (C=O) groups excluding carboxylic acids is 2. The first-order valence-corrected chi connectivity index (χ1v) is 10.1. The summed E-state index contributed by atoms with van der Waals surface area (Å²) < 4.78 is 31.1. The highest BCUT2D eigenvalue weighted by molar-refractivity contribution is 7.92. The summed E-state index contributed by atoms with van der Waals surface area (Å²) in [6.45, 7) is 0.714. The summed E-state index contributed by atoms with van der Waals surface area (Å²) in [6.07, 6.45) is 1.39. The SMILES string of the molecule is C[C@H](NS(=O)(=O)/C=C/c1ccccc1)C(=O)OCC(=O)Nc1cccc(C#N)c1. The van der Waals surface area contributed by atoms with E-state index in [2.05, 4.69) is 10.0 Å². The summed E-state index contributed by atoms with van der Waals surface area (Å²) in [5.74, 6) is -1.52. The molecule has 0 fully saturated rings. The van der Waals surface area contributed by atoms with E-state index in [0.29, 0.717) is 16.8 Å². The first-order chi connectivity index (χ1) is 13.8. The Morgan fingerprint density at radius 1 is 1.17 bits per heavy atom. The van der Waals surface area contributed by atoms with Crippen molar-refractivity contribution in [3.8, 4) is 6.07 Å². The minimum Gasteiger partial charge on any atom is -0.454 e. The van der Waals surface area contributed by atoms with E-state index in [0.717, 1.165) is 5.41 Å². The molecule has 0 aliphatic rings. The van der Waals surface area contributed by atoms with Crippen LogP contribution in [0.25, 0.3) is 6.08 Å². The van der Waals surface area contributed by atoms with Crippen molar-refractivity contribution in [2.45, 2.75) is 13.0 Å². The van der Waals surface area contributed by atoms with Gasteiger partial charge in [-0.3, -0.25) is 9.59 Å². The third-order valence-corrected chi connectivity index (χ3v) is 4.73. The molecule has 1 atom stereocenters. The lowest BCUT2D eigenvalue weighted by atomic mass is 10.2. The number of ether oxygens (including phenoxy) is 1. The van der Waals surface area contributed by atoms with Crippen molar-refractivity contribution in [2.24, 2.45) is 0 Å². The first kappa shape index (κ1) is 21.8. The molecule has 0 radical (unpaired) electrons. The maximum absolute atomic E-state index is 12.0. The molecule has 0 heterocycles. The predicted octanol–water partition coefficient (Wildman–Crippen LogP) is 2.02. The number of esters is 1. The molecule has 8 nitrogen and oxygen atoms in total. The van der Waals surface area contributed by atoms with Gasteiger partial charge >= 0.3 is 5.97 Å². The zero-order valence-corrected chi connectivity index (χ0v) is 16.3. The summed E-state index contributed by atoms with van der Waals surface area (Å²) in [5.41, 5.74) is 1.43. The minimum absolute atomic E-state index is 0.367. The number of anilines is 1. The van der Waals surface area contributed by atoms with Crippen molar-refractivity contribution >= 4 is 33.7 Å². The number of rotatable bonds is 8. The Morgan fingerprint density at radius 2 is 1.90 bits per heavy atom. The van der Waals surface area contributed by atoms with Crippen LogP contribution in [0.5, 0.6) is 0 Å². The Morgan fingerprint density at radius 3 is 2.59 bits per heavy atom. The highest BCUT2D eigenvalue weighted by Crippen LogP contribution is 2.09. The smallest absolute Gasteiger partial charge is 0.324 e. The van der Waals surface area contributed by atoms with Crippen LogP contribution >= 0.6 is 0 Å². The molecule has 0 unspecified atom stereocenters. The number of benzene rings is 2. The average molecular weight is 413 g/mol. The van der Waals surface area contributed by atoms with Crippen molar-refractivity contribution in [1.82, 2.24) is 4.72 Å². The zero-order chi connectivity index (χ0) is 21.3. The van der Waals surface area contributed by atoms with E-state index < -0.39 is 34.5 Å². The van der Waals surface area contributed by atoms with E-state index in [4.69, 9.17) is 10.00 Å². The number of sulfonamides is 1. The minimum atomic E-state index is -3.88. The Labute approximate surface area is 168 Å². The van der Waals surface area contributed by atoms with Crippen LogP contribution in [0.3, 0.4) is 0 Å². The molecule has 0 aliphatic carbocycles. The van der Waals surface area contributed by atoms with Crippen LogP contribution in [-0.4, -0.2) is 32.9 Å². The monoisotopic (exact) mass is 413 g/mol. The van der Waals surface area contributed by atoms with Gasteiger partial charge in [0.15, 0.2) is 6.61 Å². The third-order valence-electron chi connectivity index (χ3n) is 3.55. The van der Waals surface area contributed by atoms with Gasteiger partial charge in [0, 0.05) is 11.1 Å². The number of nitrogens with one attached hydrogen (secondary N) is 2. The molecular weight excluding hydrogens is 394 g/mol. The van der Waals surface area contributed by atoms with E-state index in [9.17, 15) is 18.0 Å². The predicted molar refractivity (Wildman–Crippen MR) is 108 cm³/mol. The molecule has 9 heteroatoms. The van der Waals surface area contributed by atoms with Crippen LogP contribution in [0, 0.1) is 11.3 Å². The van der Waals surface area contributed by atoms with Crippen LogP contribution in [0.1, 0.15) is 18.1 Å². The van der Waals surface area contributed by atoms with E-state index in [-0.39, 0.29) is 0 Å². The molecule has 2 aromatic carbocycles. The van der Waals surface area contributed by atoms with Crippen LogP contribution in [0.15, 0.2) is 60.0 Å². The molecule has 0 spiro atoms. The number of amides is 1. The largest absolute Gasteiger partial charge is 0.454 e. The van der Waals surface area contributed by atoms with Gasteiger partial charge in [0.05, 0.1) is 11.6 Å². The molecule has 0 bridgehead atoms. The number of hydrogen-bond acceptors (Lipinski definition) is 6. The molecule has 0 aromatic heterocycles. The quantitative estimate of drug-likeness (QED) is 0.638. The van der Waals surface area contributed by atoms with Gasteiger partial charge in [0.1, 0.15) is 6.04 Å². The van der Waals surface area contributed by atoms with Crippen molar-refractivity contribution in [2.75, 3.05) is 11.9 Å². The standard InChI is InChI=1S/C20H19N3O5S/c1-15(23-29(26,27)11-10-16-6-3-2-4-7-16)20(25)28-14-19(24)22-18-9-5-8-17(12-18)13-21/h2-12,15,23H,14H2,1H3,(H,22,24)/b11-10+/t15-/m0/s1. The fourth-order valence-corrected chi connectivity index (χ4v) is 3.20. The maximum Gasteiger partial charge on any atom is 0.324 e. The van der Waals surface area contributed by atoms with E-state index >= 15 is 0 Å². The summed E-state index contributed by atoms with van der Waals surface area (Å²) in [6, 6.07) is 15.8. The molecule has 0 saturated carbocycles. The van der Waals surface area contributed by atoms with E-state index in [1.807, 2.05) is 6.07 Å². The lowest BCUT2D eigenvalue weighted by molar-refractivity contribution is -0.148. The summed E-state index contributed by atoms with van der Waals surface area (Å²) >= 11 is 0. The highest BCUT2D eigenvalue weighted by atomic mass is 32.2. The van der Waals surface area contributed by atoms with Gasteiger partial charge in [-0.05, 0) is 36.8 Å². The lowest BCUT2D eigenvalue weighted by Crippen LogP contribution is -2.39. The second-order valence-electron chi connectivity index (χ2n) is 5.95. The van der Waals surface area contributed by atoms with Crippen molar-refractivity contribution < 1.29 is 22.7 Å². The zero-order valence-electron chi connectivity index (χ0n) is 15.5. The van der Waals surface area contributed by atoms with Gasteiger partial charge in [0.2, 0.25) is 10.0 Å². The molecule has 2 rings (SSSR count). The number of hydrogen-bond donors (Lipinski definition) is 2. The van der Waals surface area contributed by atoms with Gasteiger partial charge in [-0.15, -0.1) is 0 Å². The molecule has 2 aromatic rings. The molecule has 150 valence electrons. The third kappa shape index (κ3) is 7.57. The number of carbonyl (C=O) groups is 2. The van der Waals surface area contributed by atoms with Crippen LogP contribution in [-0.2, 0) is 24.3 Å². The molecule has 0 aliphatic heterocycles. The second-order valence-corrected chi connectivity index (χ2v) is 7.54. The van der Waals surface area contributed by atoms with Crippen LogP contribution < -0.4 is 10.0 Å². The van der Waals surface area contributed by atoms with E-state index in [1.54, 1.807) is 48.5 Å². The molecule has 2 N–H and O–H groups in total. The molecular formula is C20H19N3O5S. The van der Waals surface area contributed by atoms with Gasteiger partial charge in [-0.2, -0.15) is 9.98 Å². The van der Waals surface area contributed by atoms with E-state index in [1.165, 1.54) is 19.1 Å². The van der Waals surface area contributed by atoms with Gasteiger partial charge in [-0.1, -0.05) is 36.4 Å². The van der Waals surface area contributed by atoms with Crippen molar-refractivity contribution in [3.63, 3.8) is 0 Å². The summed E-state index contributed by atoms with van der Waals surface area (Å²) in [5, 5.41) is 12.3. The van der Waals surface area contributed by atoms with Crippen LogP contribution in [0.4, 0.5) is 5.69 Å². The number of nitrogens with zero attached hydrogens (tertiary/aromatic N) is 1. The second kappa shape index (κ2) is 10.2. The fraction of sp³-hybridized carbons (Fsp3) is 0.150. The molecule has 0 saturated heterocycles. The lowest BCUT2D eigenvalue weighted by Gasteiger charge is -2.12. The van der Waals surface area contributed by atoms with Gasteiger partial charge in [0.25, 0.3) is 5.91 Å². The van der Waals surface area contributed by atoms with Gasteiger partial charge in [-0.25, -0.2) is 8.42 Å². The fourth-order valence-electron chi connectivity index (χ4n) is 2.19. The summed E-state index contributed by atoms with van der Waals surface area (Å²) in [7, 11) is -3.88.